The second-order valence-corrected chi connectivity index (χ2v) is 5.20. The summed E-state index contributed by atoms with van der Waals surface area (Å²) in [4.78, 5) is 14.3. The number of rotatable bonds is 3. The third kappa shape index (κ3) is 2.60. The van der Waals surface area contributed by atoms with Crippen molar-refractivity contribution in [2.45, 2.75) is 31.9 Å². The smallest absolute Gasteiger partial charge is 0.248 e. The number of aliphatic hydroxyl groups is 1. The summed E-state index contributed by atoms with van der Waals surface area (Å²) in [6.07, 6.45) is 3.06. The van der Waals surface area contributed by atoms with E-state index < -0.39 is 0 Å². The highest BCUT2D eigenvalue weighted by atomic mass is 16.3. The molecule has 1 heterocycles. The molecule has 1 aromatic carbocycles. The highest BCUT2D eigenvalue weighted by Crippen LogP contribution is 2.30. The van der Waals surface area contributed by atoms with Crippen molar-refractivity contribution < 1.29 is 5.11 Å². The molecule has 104 valence electrons. The summed E-state index contributed by atoms with van der Waals surface area (Å²) in [5.41, 5.74) is 4.14. The Morgan fingerprint density at radius 1 is 1.20 bits per heavy atom. The molecule has 3 N–H and O–H groups in total. The summed E-state index contributed by atoms with van der Waals surface area (Å²) >= 11 is 0. The highest BCUT2D eigenvalue weighted by Gasteiger charge is 2.20. The van der Waals surface area contributed by atoms with Gasteiger partial charge in [0.05, 0.1) is 12.6 Å². The van der Waals surface area contributed by atoms with Gasteiger partial charge in [-0.1, -0.05) is 12.1 Å². The van der Waals surface area contributed by atoms with E-state index in [9.17, 15) is 4.79 Å². The Bertz CT molecular complexity index is 646. The van der Waals surface area contributed by atoms with Crippen LogP contribution in [-0.2, 0) is 13.0 Å². The van der Waals surface area contributed by atoms with Gasteiger partial charge in [-0.25, -0.2) is 0 Å². The largest absolute Gasteiger partial charge is 0.392 e. The summed E-state index contributed by atoms with van der Waals surface area (Å²) in [5, 5.41) is 12.6. The number of aryl methyl sites for hydroxylation is 1. The van der Waals surface area contributed by atoms with Crippen LogP contribution in [-0.4, -0.2) is 10.1 Å². The van der Waals surface area contributed by atoms with Crippen LogP contribution in [0.3, 0.4) is 0 Å². The normalized spacial score (nSPS) is 17.6. The van der Waals surface area contributed by atoms with E-state index in [-0.39, 0.29) is 18.2 Å². The van der Waals surface area contributed by atoms with E-state index >= 15 is 0 Å². The Morgan fingerprint density at radius 3 is 2.75 bits per heavy atom. The first-order valence-electron chi connectivity index (χ1n) is 6.95. The molecule has 1 aliphatic carbocycles. The molecule has 0 aliphatic heterocycles. The van der Waals surface area contributed by atoms with Crippen molar-refractivity contribution in [3.05, 3.63) is 63.6 Å². The van der Waals surface area contributed by atoms with Crippen molar-refractivity contribution in [2.24, 2.45) is 0 Å². The van der Waals surface area contributed by atoms with E-state index in [4.69, 9.17) is 5.11 Å². The minimum absolute atomic E-state index is 0.0308. The molecule has 2 aromatic rings. The molecule has 1 atom stereocenters. The lowest BCUT2D eigenvalue weighted by Crippen LogP contribution is -2.21. The van der Waals surface area contributed by atoms with Crippen LogP contribution in [0.2, 0.25) is 0 Å². The first-order chi connectivity index (χ1) is 9.76. The maximum absolute atomic E-state index is 11.4. The zero-order valence-electron chi connectivity index (χ0n) is 11.2. The predicted molar refractivity (Wildman–Crippen MR) is 78.7 cm³/mol. The number of nitrogens with one attached hydrogen (secondary N) is 2. The molecule has 0 saturated carbocycles. The maximum Gasteiger partial charge on any atom is 0.248 e. The molecular weight excluding hydrogens is 252 g/mol. The van der Waals surface area contributed by atoms with Crippen LogP contribution in [0.1, 0.15) is 35.7 Å². The molecule has 4 nitrogen and oxygen atoms in total. The molecule has 0 amide bonds. The van der Waals surface area contributed by atoms with E-state index in [2.05, 4.69) is 10.3 Å². The van der Waals surface area contributed by atoms with Gasteiger partial charge >= 0.3 is 0 Å². The van der Waals surface area contributed by atoms with Gasteiger partial charge in [-0.15, -0.1) is 0 Å². The molecule has 0 bridgehead atoms. The summed E-state index contributed by atoms with van der Waals surface area (Å²) in [5.74, 6) is 0. The SMILES string of the molecule is O=c1ccc2c([nH]1)CCCC2Nc1ccc(CO)cc1. The van der Waals surface area contributed by atoms with Crippen molar-refractivity contribution in [1.82, 2.24) is 4.98 Å². The summed E-state index contributed by atoms with van der Waals surface area (Å²) in [6, 6.07) is 11.5. The molecule has 1 unspecified atom stereocenters. The van der Waals surface area contributed by atoms with Crippen LogP contribution in [0, 0.1) is 0 Å². The standard InChI is InChI=1S/C16H18N2O2/c19-10-11-4-6-12(7-5-11)17-14-2-1-3-15-13(14)8-9-16(20)18-15/h4-9,14,17,19H,1-3,10H2,(H,18,20). The molecule has 0 radical (unpaired) electrons. The van der Waals surface area contributed by atoms with Crippen LogP contribution in [0.15, 0.2) is 41.2 Å². The number of H-pyrrole nitrogens is 1. The first kappa shape index (κ1) is 12.9. The topological polar surface area (TPSA) is 65.1 Å². The number of hydrogen-bond donors (Lipinski definition) is 3. The van der Waals surface area contributed by atoms with Gasteiger partial charge in [-0.05, 0) is 48.6 Å². The van der Waals surface area contributed by atoms with Gasteiger partial charge in [-0.3, -0.25) is 4.79 Å². The van der Waals surface area contributed by atoms with Gasteiger partial charge in [-0.2, -0.15) is 0 Å². The van der Waals surface area contributed by atoms with Crippen LogP contribution in [0.25, 0.3) is 0 Å². The molecule has 3 rings (SSSR count). The molecule has 0 fully saturated rings. The molecule has 0 spiro atoms. The number of fused-ring (bicyclic) bond motifs is 1. The third-order valence-electron chi connectivity index (χ3n) is 3.81. The molecular formula is C16H18N2O2. The Balaban J connectivity index is 1.83. The third-order valence-corrected chi connectivity index (χ3v) is 3.81. The first-order valence-corrected chi connectivity index (χ1v) is 6.95. The zero-order valence-corrected chi connectivity index (χ0v) is 11.2. The minimum atomic E-state index is -0.0308. The van der Waals surface area contributed by atoms with Gasteiger partial charge < -0.3 is 15.4 Å². The lowest BCUT2D eigenvalue weighted by molar-refractivity contribution is 0.282. The number of hydrogen-bond acceptors (Lipinski definition) is 3. The molecule has 20 heavy (non-hydrogen) atoms. The van der Waals surface area contributed by atoms with Crippen LogP contribution in [0.5, 0.6) is 0 Å². The average Bonchev–Trinajstić information content (AvgIpc) is 2.48. The van der Waals surface area contributed by atoms with Crippen molar-refractivity contribution in [2.75, 3.05) is 5.32 Å². The Kier molecular flexibility index (Phi) is 3.56. The van der Waals surface area contributed by atoms with Crippen molar-refractivity contribution in [3.63, 3.8) is 0 Å². The fraction of sp³-hybridized carbons (Fsp3) is 0.312. The second-order valence-electron chi connectivity index (χ2n) is 5.20. The quantitative estimate of drug-likeness (QED) is 0.802. The highest BCUT2D eigenvalue weighted by molar-refractivity contribution is 5.47. The lowest BCUT2D eigenvalue weighted by Gasteiger charge is -2.26. The second kappa shape index (κ2) is 5.51. The lowest BCUT2D eigenvalue weighted by atomic mass is 9.91. The Hall–Kier alpha value is -2.07. The summed E-state index contributed by atoms with van der Waals surface area (Å²) in [6.45, 7) is 0.0633. The van der Waals surface area contributed by atoms with Crippen LogP contribution >= 0.6 is 0 Å². The van der Waals surface area contributed by atoms with Crippen LogP contribution in [0.4, 0.5) is 5.69 Å². The van der Waals surface area contributed by atoms with E-state index in [1.807, 2.05) is 30.3 Å². The molecule has 1 aromatic heterocycles. The van der Waals surface area contributed by atoms with Crippen LogP contribution < -0.4 is 10.9 Å². The number of aromatic nitrogens is 1. The Morgan fingerprint density at radius 2 is 2.00 bits per heavy atom. The van der Waals surface area contributed by atoms with Gasteiger partial charge in [0.1, 0.15) is 0 Å². The van der Waals surface area contributed by atoms with E-state index in [0.29, 0.717) is 0 Å². The van der Waals surface area contributed by atoms with Gasteiger partial charge in [0.2, 0.25) is 5.56 Å². The average molecular weight is 270 g/mol. The van der Waals surface area contributed by atoms with Crippen molar-refractivity contribution in [1.29, 1.82) is 0 Å². The summed E-state index contributed by atoms with van der Waals surface area (Å²) < 4.78 is 0. The zero-order chi connectivity index (χ0) is 13.9. The van der Waals surface area contributed by atoms with E-state index in [0.717, 1.165) is 36.2 Å². The monoisotopic (exact) mass is 270 g/mol. The number of aliphatic hydroxyl groups excluding tert-OH is 1. The fourth-order valence-corrected chi connectivity index (χ4v) is 2.76. The number of aromatic amines is 1. The number of pyridine rings is 1. The molecule has 0 saturated heterocycles. The van der Waals surface area contributed by atoms with Crippen molar-refractivity contribution >= 4 is 5.69 Å². The predicted octanol–water partition coefficient (Wildman–Crippen LogP) is 2.36. The minimum Gasteiger partial charge on any atom is -0.392 e. The summed E-state index contributed by atoms with van der Waals surface area (Å²) in [7, 11) is 0. The molecule has 4 heteroatoms. The molecule has 1 aliphatic rings. The Labute approximate surface area is 117 Å². The van der Waals surface area contributed by atoms with Gasteiger partial charge in [0.25, 0.3) is 0 Å². The number of anilines is 1. The van der Waals surface area contributed by atoms with Gasteiger partial charge in [0.15, 0.2) is 0 Å². The van der Waals surface area contributed by atoms with Crippen molar-refractivity contribution in [3.8, 4) is 0 Å². The van der Waals surface area contributed by atoms with Gasteiger partial charge in [0, 0.05) is 17.4 Å². The maximum atomic E-state index is 11.4. The van der Waals surface area contributed by atoms with E-state index in [1.165, 1.54) is 5.56 Å². The number of benzene rings is 1. The van der Waals surface area contributed by atoms with E-state index in [1.54, 1.807) is 6.07 Å². The fourth-order valence-electron chi connectivity index (χ4n) is 2.76.